The molecule has 0 saturated carbocycles. The summed E-state index contributed by atoms with van der Waals surface area (Å²) in [6, 6.07) is 18.6. The van der Waals surface area contributed by atoms with Gasteiger partial charge in [0, 0.05) is 41.4 Å². The molecule has 0 spiro atoms. The van der Waals surface area contributed by atoms with E-state index in [1.807, 2.05) is 42.5 Å². The molecular weight excluding hydrogens is 393 g/mol. The van der Waals surface area contributed by atoms with Gasteiger partial charge in [-0.05, 0) is 35.9 Å². The van der Waals surface area contributed by atoms with Crippen LogP contribution in [0.3, 0.4) is 0 Å². The lowest BCUT2D eigenvalue weighted by Crippen LogP contribution is -2.24. The van der Waals surface area contributed by atoms with Gasteiger partial charge in [-0.3, -0.25) is 14.2 Å². The molecule has 3 aromatic heterocycles. The molecule has 1 amide bonds. The van der Waals surface area contributed by atoms with Gasteiger partial charge in [0.2, 0.25) is 0 Å². The summed E-state index contributed by atoms with van der Waals surface area (Å²) in [5.41, 5.74) is 5.18. The maximum atomic E-state index is 14.7. The molecule has 0 radical (unpaired) electrons. The monoisotopic (exact) mass is 409 g/mol. The van der Waals surface area contributed by atoms with E-state index in [0.717, 1.165) is 27.6 Å². The zero-order chi connectivity index (χ0) is 20.9. The lowest BCUT2D eigenvalue weighted by Gasteiger charge is -2.17. The summed E-state index contributed by atoms with van der Waals surface area (Å²) in [5.74, 6) is -0.492. The van der Waals surface area contributed by atoms with Crippen molar-refractivity contribution in [1.82, 2.24) is 24.5 Å². The van der Waals surface area contributed by atoms with Gasteiger partial charge >= 0.3 is 0 Å². The summed E-state index contributed by atoms with van der Waals surface area (Å²) in [4.78, 5) is 19.2. The molecule has 7 heteroatoms. The van der Waals surface area contributed by atoms with E-state index < -0.39 is 0 Å². The molecule has 1 aliphatic heterocycles. The second-order valence-electron chi connectivity index (χ2n) is 7.65. The number of aromatic nitrogens is 4. The smallest absolute Gasteiger partial charge is 0.271 e. The van der Waals surface area contributed by atoms with Crippen LogP contribution in [0.5, 0.6) is 0 Å². The van der Waals surface area contributed by atoms with Crippen LogP contribution >= 0.6 is 0 Å². The van der Waals surface area contributed by atoms with Crippen molar-refractivity contribution in [3.05, 3.63) is 95.8 Å². The van der Waals surface area contributed by atoms with Gasteiger partial charge in [0.15, 0.2) is 5.65 Å². The first kappa shape index (κ1) is 17.7. The van der Waals surface area contributed by atoms with Crippen LogP contribution in [0.4, 0.5) is 4.39 Å². The molecule has 0 N–H and O–H groups in total. The first-order valence-electron chi connectivity index (χ1n) is 9.92. The number of fused-ring (bicyclic) bond motifs is 4. The van der Waals surface area contributed by atoms with E-state index in [2.05, 4.69) is 15.2 Å². The minimum Gasteiger partial charge on any atom is -0.329 e. The number of rotatable bonds is 3. The summed E-state index contributed by atoms with van der Waals surface area (Å²) >= 11 is 0. The number of halogens is 1. The third-order valence-electron chi connectivity index (χ3n) is 5.73. The Bertz CT molecular complexity index is 1490. The van der Waals surface area contributed by atoms with Gasteiger partial charge in [0.25, 0.3) is 5.91 Å². The minimum absolute atomic E-state index is 0.155. The van der Waals surface area contributed by atoms with Crippen molar-refractivity contribution in [3.63, 3.8) is 0 Å². The number of para-hydroxylation sites is 1. The normalized spacial score (nSPS) is 13.3. The number of pyridine rings is 2. The second kappa shape index (κ2) is 6.70. The van der Waals surface area contributed by atoms with Gasteiger partial charge in [0.1, 0.15) is 17.8 Å². The van der Waals surface area contributed by atoms with Gasteiger partial charge in [-0.25, -0.2) is 4.39 Å². The van der Waals surface area contributed by atoms with Crippen molar-refractivity contribution in [3.8, 4) is 11.1 Å². The second-order valence-corrected chi connectivity index (χ2v) is 7.65. The zero-order valence-corrected chi connectivity index (χ0v) is 16.4. The third kappa shape index (κ3) is 2.85. The largest absolute Gasteiger partial charge is 0.329 e. The predicted octanol–water partition coefficient (Wildman–Crippen LogP) is 4.24. The van der Waals surface area contributed by atoms with E-state index in [4.69, 9.17) is 0 Å². The molecule has 6 nitrogen and oxygen atoms in total. The molecule has 6 rings (SSSR count). The first-order valence-corrected chi connectivity index (χ1v) is 9.92. The van der Waals surface area contributed by atoms with Crippen LogP contribution in [-0.2, 0) is 13.1 Å². The van der Waals surface area contributed by atoms with Crippen molar-refractivity contribution in [2.45, 2.75) is 13.1 Å². The highest BCUT2D eigenvalue weighted by Gasteiger charge is 2.30. The summed E-state index contributed by atoms with van der Waals surface area (Å²) in [5, 5.41) is 8.90. The Morgan fingerprint density at radius 1 is 1.00 bits per heavy atom. The van der Waals surface area contributed by atoms with E-state index >= 15 is 0 Å². The maximum Gasteiger partial charge on any atom is 0.271 e. The standard InChI is InChI=1S/C24H16FN5O/c25-20-7-5-15(18-10-16-3-1-2-4-21(16)26-11-18)9-19(20)13-29-12-17-6-8-22-28-27-14-30(22)23(17)24(29)31/h1-11,14H,12-13H2. The Morgan fingerprint density at radius 2 is 1.90 bits per heavy atom. The topological polar surface area (TPSA) is 63.4 Å². The number of hydrogen-bond donors (Lipinski definition) is 0. The van der Waals surface area contributed by atoms with E-state index in [9.17, 15) is 9.18 Å². The number of carbonyl (C=O) groups excluding carboxylic acids is 1. The third-order valence-corrected chi connectivity index (χ3v) is 5.73. The van der Waals surface area contributed by atoms with Crippen LogP contribution in [0.15, 0.2) is 73.2 Å². The Hall–Kier alpha value is -4.13. The average Bonchev–Trinajstić information content (AvgIpc) is 3.39. The number of carbonyl (C=O) groups is 1. The molecule has 0 aliphatic carbocycles. The highest BCUT2D eigenvalue weighted by Crippen LogP contribution is 2.29. The summed E-state index contributed by atoms with van der Waals surface area (Å²) in [7, 11) is 0. The van der Waals surface area contributed by atoms with E-state index in [0.29, 0.717) is 23.4 Å². The highest BCUT2D eigenvalue weighted by molar-refractivity contribution is 5.97. The Morgan fingerprint density at radius 3 is 2.84 bits per heavy atom. The Balaban J connectivity index is 1.34. The molecule has 4 heterocycles. The summed E-state index contributed by atoms with van der Waals surface area (Å²) in [6.07, 6.45) is 3.32. The van der Waals surface area contributed by atoms with Crippen molar-refractivity contribution in [1.29, 1.82) is 0 Å². The van der Waals surface area contributed by atoms with Crippen LogP contribution in [0.25, 0.3) is 27.7 Å². The molecule has 2 aromatic carbocycles. The predicted molar refractivity (Wildman–Crippen MR) is 114 cm³/mol. The SMILES string of the molecule is O=C1c2c(ccc3nncn23)CN1Cc1cc(-c2cnc3ccccc3c2)ccc1F. The fourth-order valence-electron chi connectivity index (χ4n) is 4.17. The van der Waals surface area contributed by atoms with Crippen molar-refractivity contribution >= 4 is 22.5 Å². The van der Waals surface area contributed by atoms with Crippen LogP contribution in [-0.4, -0.2) is 30.4 Å². The summed E-state index contributed by atoms with van der Waals surface area (Å²) in [6.45, 7) is 0.599. The van der Waals surface area contributed by atoms with Crippen LogP contribution in [0.1, 0.15) is 21.6 Å². The fraction of sp³-hybridized carbons (Fsp3) is 0.0833. The fourth-order valence-corrected chi connectivity index (χ4v) is 4.17. The van der Waals surface area contributed by atoms with Crippen LogP contribution in [0, 0.1) is 5.82 Å². The highest BCUT2D eigenvalue weighted by atomic mass is 19.1. The maximum absolute atomic E-state index is 14.7. The number of amides is 1. The first-order chi connectivity index (χ1) is 15.2. The number of hydrogen-bond acceptors (Lipinski definition) is 4. The van der Waals surface area contributed by atoms with E-state index in [1.54, 1.807) is 27.6 Å². The molecule has 1 aliphatic rings. The summed E-state index contributed by atoms with van der Waals surface area (Å²) < 4.78 is 16.4. The molecule has 0 unspecified atom stereocenters. The van der Waals surface area contributed by atoms with Gasteiger partial charge in [-0.2, -0.15) is 0 Å². The molecule has 0 bridgehead atoms. The molecule has 0 saturated heterocycles. The van der Waals surface area contributed by atoms with Gasteiger partial charge in [-0.1, -0.05) is 30.3 Å². The van der Waals surface area contributed by atoms with Gasteiger partial charge in [-0.15, -0.1) is 10.2 Å². The minimum atomic E-state index is -0.337. The number of nitrogens with zero attached hydrogens (tertiary/aromatic N) is 5. The van der Waals surface area contributed by atoms with Crippen LogP contribution in [0.2, 0.25) is 0 Å². The van der Waals surface area contributed by atoms with E-state index in [1.165, 1.54) is 12.4 Å². The lowest BCUT2D eigenvalue weighted by molar-refractivity contribution is 0.0760. The van der Waals surface area contributed by atoms with Crippen molar-refractivity contribution < 1.29 is 9.18 Å². The van der Waals surface area contributed by atoms with Crippen LogP contribution < -0.4 is 0 Å². The lowest BCUT2D eigenvalue weighted by atomic mass is 10.0. The van der Waals surface area contributed by atoms with Gasteiger partial charge in [0.05, 0.1) is 5.52 Å². The Labute approximate surface area is 176 Å². The molecule has 0 atom stereocenters. The molecule has 5 aromatic rings. The molecule has 0 fully saturated rings. The van der Waals surface area contributed by atoms with Gasteiger partial charge < -0.3 is 4.90 Å². The number of benzene rings is 2. The van der Waals surface area contributed by atoms with E-state index in [-0.39, 0.29) is 18.3 Å². The molecular formula is C24H16FN5O. The average molecular weight is 409 g/mol. The Kier molecular flexibility index (Phi) is 3.83. The van der Waals surface area contributed by atoms with Crippen molar-refractivity contribution in [2.24, 2.45) is 0 Å². The quantitative estimate of drug-likeness (QED) is 0.447. The molecule has 31 heavy (non-hydrogen) atoms. The molecule has 150 valence electrons. The van der Waals surface area contributed by atoms with Crippen molar-refractivity contribution in [2.75, 3.05) is 0 Å². The zero-order valence-electron chi connectivity index (χ0n) is 16.4.